The van der Waals surface area contributed by atoms with Crippen molar-refractivity contribution in [3.05, 3.63) is 47.3 Å². The van der Waals surface area contributed by atoms with Crippen molar-refractivity contribution in [2.45, 2.75) is 27.2 Å². The Bertz CT molecular complexity index is 719. The Morgan fingerprint density at radius 3 is 2.70 bits per heavy atom. The maximum atomic E-state index is 12.1. The van der Waals surface area contributed by atoms with E-state index in [1.165, 1.54) is 16.8 Å². The number of rotatable bonds is 6. The zero-order valence-corrected chi connectivity index (χ0v) is 13.4. The van der Waals surface area contributed by atoms with Gasteiger partial charge in [0.05, 0.1) is 23.6 Å². The molecular formula is C17H20N2O4. The Morgan fingerprint density at radius 1 is 1.35 bits per heavy atom. The van der Waals surface area contributed by atoms with E-state index in [9.17, 15) is 9.59 Å². The highest BCUT2D eigenvalue weighted by atomic mass is 16.5. The number of hydrogen-bond donors (Lipinski definition) is 1. The van der Waals surface area contributed by atoms with Crippen molar-refractivity contribution < 1.29 is 19.4 Å². The summed E-state index contributed by atoms with van der Waals surface area (Å²) in [7, 11) is 0. The summed E-state index contributed by atoms with van der Waals surface area (Å²) in [6, 6.07) is 6.42. The molecule has 0 aliphatic heterocycles. The monoisotopic (exact) mass is 316 g/mol. The first-order valence-corrected chi connectivity index (χ1v) is 7.51. The molecule has 0 amide bonds. The molecular weight excluding hydrogens is 296 g/mol. The molecule has 0 atom stereocenters. The maximum absolute atomic E-state index is 12.1. The van der Waals surface area contributed by atoms with Crippen LogP contribution >= 0.6 is 0 Å². The van der Waals surface area contributed by atoms with Gasteiger partial charge in [-0.05, 0) is 37.5 Å². The third-order valence-electron chi connectivity index (χ3n) is 3.25. The number of carbonyl (C=O) groups excluding carboxylic acids is 1. The zero-order chi connectivity index (χ0) is 17.0. The van der Waals surface area contributed by atoms with E-state index in [0.29, 0.717) is 35.9 Å². The number of esters is 1. The summed E-state index contributed by atoms with van der Waals surface area (Å²) < 4.78 is 6.60. The summed E-state index contributed by atoms with van der Waals surface area (Å²) in [6.07, 6.45) is 2.23. The van der Waals surface area contributed by atoms with Gasteiger partial charge in [-0.2, -0.15) is 5.10 Å². The van der Waals surface area contributed by atoms with Gasteiger partial charge in [0.2, 0.25) is 0 Å². The summed E-state index contributed by atoms with van der Waals surface area (Å²) in [4.78, 5) is 23.2. The average Bonchev–Trinajstić information content (AvgIpc) is 2.91. The molecule has 0 saturated heterocycles. The van der Waals surface area contributed by atoms with Crippen molar-refractivity contribution in [2.24, 2.45) is 5.92 Å². The molecule has 0 spiro atoms. The van der Waals surface area contributed by atoms with Crippen LogP contribution in [-0.2, 0) is 11.2 Å². The highest BCUT2D eigenvalue weighted by Crippen LogP contribution is 2.18. The molecule has 23 heavy (non-hydrogen) atoms. The Morgan fingerprint density at radius 2 is 2.09 bits per heavy atom. The maximum Gasteiger partial charge on any atom is 0.341 e. The smallest absolute Gasteiger partial charge is 0.341 e. The van der Waals surface area contributed by atoms with E-state index in [4.69, 9.17) is 9.84 Å². The quantitative estimate of drug-likeness (QED) is 0.829. The van der Waals surface area contributed by atoms with E-state index in [1.807, 2.05) is 13.8 Å². The van der Waals surface area contributed by atoms with E-state index in [-0.39, 0.29) is 5.56 Å². The van der Waals surface area contributed by atoms with Crippen molar-refractivity contribution in [3.8, 4) is 5.69 Å². The molecule has 1 aromatic heterocycles. The fourth-order valence-corrected chi connectivity index (χ4v) is 2.24. The number of carbonyl (C=O) groups is 2. The Balaban J connectivity index is 2.45. The molecule has 0 unspecified atom stereocenters. The van der Waals surface area contributed by atoms with Crippen LogP contribution in [0.25, 0.3) is 5.69 Å². The number of benzene rings is 1. The molecule has 2 rings (SSSR count). The topological polar surface area (TPSA) is 81.4 Å². The molecule has 1 N–H and O–H groups in total. The molecule has 0 fully saturated rings. The van der Waals surface area contributed by atoms with E-state index >= 15 is 0 Å². The standard InChI is InChI=1S/C17H20N2O4/c1-4-23-17(22)14-10-19(18-15(14)8-11(2)3)13-7-5-6-12(9-13)16(20)21/h5-7,9-11H,4,8H2,1-3H3,(H,20,21). The summed E-state index contributed by atoms with van der Waals surface area (Å²) in [6.45, 7) is 6.12. The predicted octanol–water partition coefficient (Wildman–Crippen LogP) is 2.95. The Kier molecular flexibility index (Phi) is 5.16. The molecule has 0 radical (unpaired) electrons. The van der Waals surface area contributed by atoms with Crippen LogP contribution in [0.5, 0.6) is 0 Å². The second kappa shape index (κ2) is 7.09. The predicted molar refractivity (Wildman–Crippen MR) is 85.0 cm³/mol. The molecule has 6 heteroatoms. The lowest BCUT2D eigenvalue weighted by Gasteiger charge is -2.04. The van der Waals surface area contributed by atoms with Crippen molar-refractivity contribution >= 4 is 11.9 Å². The Hall–Kier alpha value is -2.63. The van der Waals surface area contributed by atoms with Crippen LogP contribution in [0.1, 0.15) is 47.2 Å². The second-order valence-corrected chi connectivity index (χ2v) is 5.61. The first-order valence-electron chi connectivity index (χ1n) is 7.51. The second-order valence-electron chi connectivity index (χ2n) is 5.61. The van der Waals surface area contributed by atoms with Gasteiger partial charge in [0, 0.05) is 6.20 Å². The van der Waals surface area contributed by atoms with E-state index in [2.05, 4.69) is 5.10 Å². The minimum atomic E-state index is -1.01. The molecule has 0 aliphatic carbocycles. The normalized spacial score (nSPS) is 10.8. The summed E-state index contributed by atoms with van der Waals surface area (Å²) in [5, 5.41) is 13.5. The minimum Gasteiger partial charge on any atom is -0.478 e. The molecule has 6 nitrogen and oxygen atoms in total. The third-order valence-corrected chi connectivity index (χ3v) is 3.25. The Labute approximate surface area is 134 Å². The average molecular weight is 316 g/mol. The number of nitrogens with zero attached hydrogens (tertiary/aromatic N) is 2. The number of carboxylic acid groups (broad SMARTS) is 1. The highest BCUT2D eigenvalue weighted by molar-refractivity contribution is 5.91. The number of hydrogen-bond acceptors (Lipinski definition) is 4. The van der Waals surface area contributed by atoms with Gasteiger partial charge in [-0.15, -0.1) is 0 Å². The number of aromatic nitrogens is 2. The highest BCUT2D eigenvalue weighted by Gasteiger charge is 2.19. The summed E-state index contributed by atoms with van der Waals surface area (Å²) in [5.74, 6) is -1.09. The number of ether oxygens (including phenoxy) is 1. The fourth-order valence-electron chi connectivity index (χ4n) is 2.24. The lowest BCUT2D eigenvalue weighted by Crippen LogP contribution is -2.08. The van der Waals surface area contributed by atoms with Gasteiger partial charge >= 0.3 is 11.9 Å². The lowest BCUT2D eigenvalue weighted by molar-refractivity contribution is 0.0524. The molecule has 0 aliphatic rings. The van der Waals surface area contributed by atoms with Gasteiger partial charge in [-0.3, -0.25) is 0 Å². The van der Waals surface area contributed by atoms with E-state index in [0.717, 1.165) is 0 Å². The molecule has 122 valence electrons. The van der Waals surface area contributed by atoms with Crippen LogP contribution in [0.3, 0.4) is 0 Å². The molecule has 1 aromatic carbocycles. The van der Waals surface area contributed by atoms with Crippen LogP contribution in [-0.4, -0.2) is 33.4 Å². The largest absolute Gasteiger partial charge is 0.478 e. The first kappa shape index (κ1) is 16.7. The molecule has 0 bridgehead atoms. The van der Waals surface area contributed by atoms with Crippen molar-refractivity contribution in [1.82, 2.24) is 9.78 Å². The van der Waals surface area contributed by atoms with Crippen LogP contribution in [0.4, 0.5) is 0 Å². The van der Waals surface area contributed by atoms with Crippen molar-refractivity contribution in [2.75, 3.05) is 6.61 Å². The van der Waals surface area contributed by atoms with Gasteiger partial charge in [0.15, 0.2) is 0 Å². The van der Waals surface area contributed by atoms with E-state index in [1.54, 1.807) is 25.3 Å². The lowest BCUT2D eigenvalue weighted by atomic mass is 10.1. The first-order chi connectivity index (χ1) is 10.9. The van der Waals surface area contributed by atoms with Gasteiger partial charge in [0.1, 0.15) is 5.56 Å². The summed E-state index contributed by atoms with van der Waals surface area (Å²) >= 11 is 0. The van der Waals surface area contributed by atoms with Gasteiger partial charge in [0.25, 0.3) is 0 Å². The molecule has 0 saturated carbocycles. The SMILES string of the molecule is CCOC(=O)c1cn(-c2cccc(C(=O)O)c2)nc1CC(C)C. The zero-order valence-electron chi connectivity index (χ0n) is 13.4. The van der Waals surface area contributed by atoms with Crippen LogP contribution < -0.4 is 0 Å². The third kappa shape index (κ3) is 3.97. The van der Waals surface area contributed by atoms with Gasteiger partial charge in [-0.25, -0.2) is 14.3 Å². The van der Waals surface area contributed by atoms with Crippen LogP contribution in [0.15, 0.2) is 30.5 Å². The van der Waals surface area contributed by atoms with Crippen molar-refractivity contribution in [1.29, 1.82) is 0 Å². The molecule has 2 aromatic rings. The number of carboxylic acids is 1. The summed E-state index contributed by atoms with van der Waals surface area (Å²) in [5.41, 5.74) is 1.83. The fraction of sp³-hybridized carbons (Fsp3) is 0.353. The molecule has 1 heterocycles. The van der Waals surface area contributed by atoms with Crippen LogP contribution in [0.2, 0.25) is 0 Å². The number of aromatic carboxylic acids is 1. The van der Waals surface area contributed by atoms with Gasteiger partial charge < -0.3 is 9.84 Å². The minimum absolute atomic E-state index is 0.168. The van der Waals surface area contributed by atoms with Crippen LogP contribution in [0, 0.1) is 5.92 Å². The van der Waals surface area contributed by atoms with Gasteiger partial charge in [-0.1, -0.05) is 19.9 Å². The van der Waals surface area contributed by atoms with Crippen molar-refractivity contribution in [3.63, 3.8) is 0 Å². The van der Waals surface area contributed by atoms with E-state index < -0.39 is 11.9 Å².